The fourth-order valence-electron chi connectivity index (χ4n) is 3.00. The fourth-order valence-corrected chi connectivity index (χ4v) is 3.00. The maximum atomic E-state index is 12.9. The summed E-state index contributed by atoms with van der Waals surface area (Å²) in [5.74, 6) is 1.93. The topological polar surface area (TPSA) is 80.2 Å². The molecule has 1 aliphatic heterocycles. The molecule has 2 aromatic heterocycles. The molecule has 126 valence electrons. The first-order chi connectivity index (χ1) is 11.6. The van der Waals surface area contributed by atoms with Gasteiger partial charge in [0, 0.05) is 31.9 Å². The van der Waals surface area contributed by atoms with Crippen LogP contribution in [0.4, 0.5) is 5.82 Å². The molecule has 1 unspecified atom stereocenters. The van der Waals surface area contributed by atoms with E-state index in [2.05, 4.69) is 20.3 Å². The van der Waals surface area contributed by atoms with Crippen molar-refractivity contribution in [3.8, 4) is 5.88 Å². The SMILES string of the molecule is CNc1cc(C2CCCN2C(=O)c2ccc(OC)nc2)nc(C)n1. The molecule has 2 aromatic rings. The van der Waals surface area contributed by atoms with Crippen molar-refractivity contribution < 1.29 is 9.53 Å². The molecule has 0 aliphatic carbocycles. The summed E-state index contributed by atoms with van der Waals surface area (Å²) >= 11 is 0. The Morgan fingerprint density at radius 1 is 1.38 bits per heavy atom. The molecule has 24 heavy (non-hydrogen) atoms. The number of nitrogens with one attached hydrogen (secondary N) is 1. The van der Waals surface area contributed by atoms with E-state index in [9.17, 15) is 4.79 Å². The number of aryl methyl sites for hydroxylation is 1. The predicted molar refractivity (Wildman–Crippen MR) is 90.1 cm³/mol. The summed E-state index contributed by atoms with van der Waals surface area (Å²) in [5, 5.41) is 3.04. The molecule has 1 aliphatic rings. The van der Waals surface area contributed by atoms with E-state index in [4.69, 9.17) is 4.74 Å². The minimum atomic E-state index is -0.0339. The predicted octanol–water partition coefficient (Wildman–Crippen LogP) is 2.21. The molecular weight excluding hydrogens is 306 g/mol. The molecule has 7 heteroatoms. The van der Waals surface area contributed by atoms with Crippen LogP contribution in [0.15, 0.2) is 24.4 Å². The smallest absolute Gasteiger partial charge is 0.255 e. The Balaban J connectivity index is 1.87. The number of aromatic nitrogens is 3. The standard InChI is InChI=1S/C17H21N5O2/c1-11-20-13(9-15(18-2)21-11)14-5-4-8-22(14)17(23)12-6-7-16(24-3)19-10-12/h6-7,9-10,14H,4-5,8H2,1-3H3,(H,18,20,21). The van der Waals surface area contributed by atoms with Crippen LogP contribution in [0.5, 0.6) is 5.88 Å². The van der Waals surface area contributed by atoms with Gasteiger partial charge >= 0.3 is 0 Å². The number of likely N-dealkylation sites (tertiary alicyclic amines) is 1. The van der Waals surface area contributed by atoms with Gasteiger partial charge in [-0.15, -0.1) is 0 Å². The third-order valence-corrected chi connectivity index (χ3v) is 4.16. The van der Waals surface area contributed by atoms with Crippen molar-refractivity contribution in [2.75, 3.05) is 26.0 Å². The first-order valence-electron chi connectivity index (χ1n) is 7.96. The van der Waals surface area contributed by atoms with Crippen LogP contribution in [0.3, 0.4) is 0 Å². The molecule has 1 N–H and O–H groups in total. The molecule has 0 saturated carbocycles. The lowest BCUT2D eigenvalue weighted by Crippen LogP contribution is -2.31. The van der Waals surface area contributed by atoms with Gasteiger partial charge in [0.15, 0.2) is 0 Å². The van der Waals surface area contributed by atoms with Crippen molar-refractivity contribution in [1.29, 1.82) is 0 Å². The Kier molecular flexibility index (Phi) is 4.59. The average molecular weight is 327 g/mol. The molecule has 1 amide bonds. The van der Waals surface area contributed by atoms with Gasteiger partial charge in [0.1, 0.15) is 11.6 Å². The van der Waals surface area contributed by atoms with Crippen LogP contribution >= 0.6 is 0 Å². The van der Waals surface area contributed by atoms with Gasteiger partial charge in [-0.25, -0.2) is 15.0 Å². The van der Waals surface area contributed by atoms with Crippen LogP contribution < -0.4 is 10.1 Å². The molecular formula is C17H21N5O2. The zero-order valence-corrected chi connectivity index (χ0v) is 14.1. The number of carbonyl (C=O) groups excluding carboxylic acids is 1. The summed E-state index contributed by atoms with van der Waals surface area (Å²) in [6.45, 7) is 2.58. The van der Waals surface area contributed by atoms with E-state index in [1.807, 2.05) is 24.9 Å². The number of methoxy groups -OCH3 is 1. The molecule has 0 aromatic carbocycles. The second-order valence-corrected chi connectivity index (χ2v) is 5.72. The lowest BCUT2D eigenvalue weighted by molar-refractivity contribution is 0.0732. The summed E-state index contributed by atoms with van der Waals surface area (Å²) < 4.78 is 5.04. The number of amides is 1. The minimum Gasteiger partial charge on any atom is -0.481 e. The Bertz CT molecular complexity index is 732. The number of ether oxygens (including phenoxy) is 1. The van der Waals surface area contributed by atoms with Crippen molar-refractivity contribution in [3.05, 3.63) is 41.5 Å². The molecule has 0 bridgehead atoms. The summed E-state index contributed by atoms with van der Waals surface area (Å²) in [5.41, 5.74) is 1.43. The second kappa shape index (κ2) is 6.82. The number of anilines is 1. The maximum Gasteiger partial charge on any atom is 0.255 e. The molecule has 1 atom stereocenters. The van der Waals surface area contributed by atoms with E-state index in [0.29, 0.717) is 23.8 Å². The van der Waals surface area contributed by atoms with Crippen LogP contribution in [-0.2, 0) is 0 Å². The van der Waals surface area contributed by atoms with Gasteiger partial charge in [-0.3, -0.25) is 4.79 Å². The minimum absolute atomic E-state index is 0.0325. The van der Waals surface area contributed by atoms with Gasteiger partial charge in [-0.2, -0.15) is 0 Å². The largest absolute Gasteiger partial charge is 0.481 e. The van der Waals surface area contributed by atoms with Gasteiger partial charge in [0.2, 0.25) is 5.88 Å². The number of hydrogen-bond donors (Lipinski definition) is 1. The van der Waals surface area contributed by atoms with Gasteiger partial charge in [-0.1, -0.05) is 0 Å². The van der Waals surface area contributed by atoms with Crippen molar-refractivity contribution in [3.63, 3.8) is 0 Å². The van der Waals surface area contributed by atoms with Crippen molar-refractivity contribution in [1.82, 2.24) is 19.9 Å². The van der Waals surface area contributed by atoms with E-state index < -0.39 is 0 Å². The zero-order chi connectivity index (χ0) is 17.1. The zero-order valence-electron chi connectivity index (χ0n) is 14.1. The highest BCUT2D eigenvalue weighted by atomic mass is 16.5. The van der Waals surface area contributed by atoms with Crippen molar-refractivity contribution in [2.45, 2.75) is 25.8 Å². The maximum absolute atomic E-state index is 12.9. The normalized spacial score (nSPS) is 17.0. The Morgan fingerprint density at radius 2 is 2.21 bits per heavy atom. The highest BCUT2D eigenvalue weighted by Crippen LogP contribution is 2.33. The van der Waals surface area contributed by atoms with Gasteiger partial charge in [-0.05, 0) is 25.8 Å². The van der Waals surface area contributed by atoms with Crippen LogP contribution in [0, 0.1) is 6.92 Å². The molecule has 0 radical (unpaired) electrons. The van der Waals surface area contributed by atoms with E-state index in [1.165, 1.54) is 0 Å². The van der Waals surface area contributed by atoms with E-state index in [-0.39, 0.29) is 11.9 Å². The highest BCUT2D eigenvalue weighted by molar-refractivity contribution is 5.94. The van der Waals surface area contributed by atoms with Crippen LogP contribution in [-0.4, -0.2) is 46.5 Å². The van der Waals surface area contributed by atoms with Crippen LogP contribution in [0.25, 0.3) is 0 Å². The average Bonchev–Trinajstić information content (AvgIpc) is 3.10. The summed E-state index contributed by atoms with van der Waals surface area (Å²) in [4.78, 5) is 27.7. The van der Waals surface area contributed by atoms with Crippen molar-refractivity contribution in [2.24, 2.45) is 0 Å². The van der Waals surface area contributed by atoms with Crippen LogP contribution in [0.2, 0.25) is 0 Å². The monoisotopic (exact) mass is 327 g/mol. The number of carbonyl (C=O) groups is 1. The lowest BCUT2D eigenvalue weighted by atomic mass is 10.1. The molecule has 7 nitrogen and oxygen atoms in total. The second-order valence-electron chi connectivity index (χ2n) is 5.72. The van der Waals surface area contributed by atoms with Gasteiger partial charge in [0.25, 0.3) is 5.91 Å². The number of nitrogens with zero attached hydrogens (tertiary/aromatic N) is 4. The summed E-state index contributed by atoms with van der Waals surface area (Å²) in [7, 11) is 3.38. The molecule has 3 rings (SSSR count). The van der Waals surface area contributed by atoms with E-state index >= 15 is 0 Å². The Morgan fingerprint density at radius 3 is 2.88 bits per heavy atom. The molecule has 1 fully saturated rings. The molecule has 1 saturated heterocycles. The highest BCUT2D eigenvalue weighted by Gasteiger charge is 2.32. The number of rotatable bonds is 4. The fraction of sp³-hybridized carbons (Fsp3) is 0.412. The first-order valence-corrected chi connectivity index (χ1v) is 7.96. The Labute approximate surface area is 141 Å². The summed E-state index contributed by atoms with van der Waals surface area (Å²) in [6.07, 6.45) is 3.41. The third-order valence-electron chi connectivity index (χ3n) is 4.16. The molecule has 0 spiro atoms. The summed E-state index contributed by atoms with van der Waals surface area (Å²) in [6, 6.07) is 5.32. The molecule has 3 heterocycles. The quantitative estimate of drug-likeness (QED) is 0.927. The van der Waals surface area contributed by atoms with E-state index in [0.717, 1.165) is 24.4 Å². The first kappa shape index (κ1) is 16.2. The number of hydrogen-bond acceptors (Lipinski definition) is 6. The third kappa shape index (κ3) is 3.15. The van der Waals surface area contributed by atoms with Gasteiger partial charge in [0.05, 0.1) is 24.4 Å². The number of pyridine rings is 1. The van der Waals surface area contributed by atoms with E-state index in [1.54, 1.807) is 25.4 Å². The van der Waals surface area contributed by atoms with Crippen LogP contribution in [0.1, 0.15) is 40.8 Å². The lowest BCUT2D eigenvalue weighted by Gasteiger charge is -2.24. The van der Waals surface area contributed by atoms with Crippen molar-refractivity contribution >= 4 is 11.7 Å². The van der Waals surface area contributed by atoms with Gasteiger partial charge < -0.3 is 15.0 Å². The Hall–Kier alpha value is -2.70.